The highest BCUT2D eigenvalue weighted by Crippen LogP contribution is 2.35. The Kier molecular flexibility index (Phi) is 3.64. The molecule has 0 bridgehead atoms. The SMILES string of the molecule is O=Cc1cc(F)c(F)cc1-c1cccc(Cl)c1Cl. The van der Waals surface area contributed by atoms with Gasteiger partial charge in [0.2, 0.25) is 0 Å². The van der Waals surface area contributed by atoms with E-state index in [0.717, 1.165) is 12.1 Å². The lowest BCUT2D eigenvalue weighted by Crippen LogP contribution is -1.94. The van der Waals surface area contributed by atoms with E-state index in [-0.39, 0.29) is 21.2 Å². The maximum Gasteiger partial charge on any atom is 0.159 e. The van der Waals surface area contributed by atoms with Gasteiger partial charge in [0.15, 0.2) is 17.9 Å². The first kappa shape index (κ1) is 13.0. The minimum absolute atomic E-state index is 0.0121. The first-order valence-electron chi connectivity index (χ1n) is 4.93. The number of carbonyl (C=O) groups is 1. The first-order valence-corrected chi connectivity index (χ1v) is 5.68. The zero-order chi connectivity index (χ0) is 13.3. The second-order valence-corrected chi connectivity index (χ2v) is 4.36. The largest absolute Gasteiger partial charge is 0.298 e. The number of hydrogen-bond donors (Lipinski definition) is 0. The van der Waals surface area contributed by atoms with Crippen molar-refractivity contribution in [2.75, 3.05) is 0 Å². The highest BCUT2D eigenvalue weighted by molar-refractivity contribution is 6.43. The third-order valence-electron chi connectivity index (χ3n) is 2.46. The minimum atomic E-state index is -1.08. The molecule has 2 aromatic rings. The van der Waals surface area contributed by atoms with Crippen LogP contribution in [0.1, 0.15) is 10.4 Å². The average molecular weight is 287 g/mol. The van der Waals surface area contributed by atoms with Crippen LogP contribution in [0, 0.1) is 11.6 Å². The summed E-state index contributed by atoms with van der Waals surface area (Å²) in [5.74, 6) is -2.13. The van der Waals surface area contributed by atoms with Crippen LogP contribution in [-0.2, 0) is 0 Å². The van der Waals surface area contributed by atoms with Crippen LogP contribution in [0.4, 0.5) is 8.78 Å². The summed E-state index contributed by atoms with van der Waals surface area (Å²) in [7, 11) is 0. The topological polar surface area (TPSA) is 17.1 Å². The van der Waals surface area contributed by atoms with E-state index in [2.05, 4.69) is 0 Å². The van der Waals surface area contributed by atoms with E-state index in [1.165, 1.54) is 0 Å². The summed E-state index contributed by atoms with van der Waals surface area (Å²) in [6.07, 6.45) is 0.440. The summed E-state index contributed by atoms with van der Waals surface area (Å²) in [4.78, 5) is 10.9. The van der Waals surface area contributed by atoms with Gasteiger partial charge in [0.25, 0.3) is 0 Å². The van der Waals surface area contributed by atoms with Gasteiger partial charge >= 0.3 is 0 Å². The number of carbonyl (C=O) groups excluding carboxylic acids is 1. The van der Waals surface area contributed by atoms with Gasteiger partial charge < -0.3 is 0 Å². The van der Waals surface area contributed by atoms with Crippen LogP contribution in [0.2, 0.25) is 10.0 Å². The number of hydrogen-bond acceptors (Lipinski definition) is 1. The van der Waals surface area contributed by atoms with Crippen molar-refractivity contribution < 1.29 is 13.6 Å². The van der Waals surface area contributed by atoms with E-state index in [9.17, 15) is 13.6 Å². The van der Waals surface area contributed by atoms with E-state index in [4.69, 9.17) is 23.2 Å². The molecule has 92 valence electrons. The summed E-state index contributed by atoms with van der Waals surface area (Å²) in [6.45, 7) is 0. The number of rotatable bonds is 2. The molecule has 0 spiro atoms. The van der Waals surface area contributed by atoms with Gasteiger partial charge in [-0.15, -0.1) is 0 Å². The lowest BCUT2D eigenvalue weighted by Gasteiger charge is -2.09. The predicted molar refractivity (Wildman–Crippen MR) is 67.2 cm³/mol. The fourth-order valence-electron chi connectivity index (χ4n) is 1.60. The van der Waals surface area contributed by atoms with E-state index in [1.807, 2.05) is 0 Å². The summed E-state index contributed by atoms with van der Waals surface area (Å²) < 4.78 is 26.3. The van der Waals surface area contributed by atoms with E-state index in [1.54, 1.807) is 18.2 Å². The second kappa shape index (κ2) is 5.04. The Balaban J connectivity index is 2.74. The third kappa shape index (κ3) is 2.24. The van der Waals surface area contributed by atoms with Crippen LogP contribution < -0.4 is 0 Å². The molecular weight excluding hydrogens is 281 g/mol. The summed E-state index contributed by atoms with van der Waals surface area (Å²) in [5, 5.41) is 0.462. The highest BCUT2D eigenvalue weighted by Gasteiger charge is 2.14. The summed E-state index contributed by atoms with van der Waals surface area (Å²) in [6, 6.07) is 6.51. The Morgan fingerprint density at radius 2 is 1.67 bits per heavy atom. The van der Waals surface area contributed by atoms with Crippen molar-refractivity contribution in [3.63, 3.8) is 0 Å². The molecule has 5 heteroatoms. The van der Waals surface area contributed by atoms with Gasteiger partial charge in [-0.2, -0.15) is 0 Å². The molecule has 2 rings (SSSR count). The quantitative estimate of drug-likeness (QED) is 0.728. The number of halogens is 4. The van der Waals surface area contributed by atoms with Crippen molar-refractivity contribution in [2.24, 2.45) is 0 Å². The predicted octanol–water partition coefficient (Wildman–Crippen LogP) is 4.75. The van der Waals surface area contributed by atoms with Gasteiger partial charge in [0.1, 0.15) is 0 Å². The third-order valence-corrected chi connectivity index (χ3v) is 3.28. The molecule has 1 nitrogen and oxygen atoms in total. The van der Waals surface area contributed by atoms with Crippen molar-refractivity contribution in [3.8, 4) is 11.1 Å². The van der Waals surface area contributed by atoms with Crippen molar-refractivity contribution in [1.82, 2.24) is 0 Å². The molecule has 0 unspecified atom stereocenters. The van der Waals surface area contributed by atoms with Gasteiger partial charge in [-0.25, -0.2) is 8.78 Å². The Bertz CT molecular complexity index is 627. The zero-order valence-corrected chi connectivity index (χ0v) is 10.4. The Hall–Kier alpha value is -1.45. The number of benzene rings is 2. The minimum Gasteiger partial charge on any atom is -0.298 e. The van der Waals surface area contributed by atoms with Crippen LogP contribution in [0.15, 0.2) is 30.3 Å². The van der Waals surface area contributed by atoms with Gasteiger partial charge in [0, 0.05) is 11.1 Å². The molecule has 18 heavy (non-hydrogen) atoms. The molecule has 0 atom stereocenters. The van der Waals surface area contributed by atoms with Gasteiger partial charge in [-0.3, -0.25) is 4.79 Å². The van der Waals surface area contributed by atoms with Crippen molar-refractivity contribution in [2.45, 2.75) is 0 Å². The van der Waals surface area contributed by atoms with Crippen molar-refractivity contribution >= 4 is 29.5 Å². The standard InChI is InChI=1S/C13H6Cl2F2O/c14-10-3-1-2-8(13(10)15)9-5-12(17)11(16)4-7(9)6-18/h1-6H. The van der Waals surface area contributed by atoms with Crippen LogP contribution in [0.3, 0.4) is 0 Å². The number of aldehydes is 1. The van der Waals surface area contributed by atoms with E-state index in [0.29, 0.717) is 11.8 Å². The van der Waals surface area contributed by atoms with E-state index < -0.39 is 11.6 Å². The molecule has 0 aromatic heterocycles. The Morgan fingerprint density at radius 3 is 2.33 bits per heavy atom. The molecule has 0 amide bonds. The molecule has 0 saturated carbocycles. The molecule has 0 fully saturated rings. The molecule has 0 aliphatic heterocycles. The molecule has 0 aliphatic carbocycles. The van der Waals surface area contributed by atoms with Gasteiger partial charge in [0.05, 0.1) is 10.0 Å². The van der Waals surface area contributed by atoms with Gasteiger partial charge in [-0.05, 0) is 23.8 Å². The average Bonchev–Trinajstić information content (AvgIpc) is 2.36. The second-order valence-electron chi connectivity index (χ2n) is 3.57. The van der Waals surface area contributed by atoms with Crippen molar-refractivity contribution in [1.29, 1.82) is 0 Å². The molecular formula is C13H6Cl2F2O. The fourth-order valence-corrected chi connectivity index (χ4v) is 2.01. The summed E-state index contributed by atoms with van der Waals surface area (Å²) >= 11 is 11.8. The molecule has 2 aromatic carbocycles. The van der Waals surface area contributed by atoms with Gasteiger partial charge in [-0.1, -0.05) is 35.3 Å². The van der Waals surface area contributed by atoms with Crippen LogP contribution in [-0.4, -0.2) is 6.29 Å². The lowest BCUT2D eigenvalue weighted by molar-refractivity contribution is 0.112. The smallest absolute Gasteiger partial charge is 0.159 e. The summed E-state index contributed by atoms with van der Waals surface area (Å²) in [5.41, 5.74) is 0.597. The molecule has 0 heterocycles. The van der Waals surface area contributed by atoms with Crippen molar-refractivity contribution in [3.05, 3.63) is 57.6 Å². The van der Waals surface area contributed by atoms with Crippen LogP contribution in [0.5, 0.6) is 0 Å². The maximum absolute atomic E-state index is 13.2. The maximum atomic E-state index is 13.2. The lowest BCUT2D eigenvalue weighted by atomic mass is 10.00. The van der Waals surface area contributed by atoms with E-state index >= 15 is 0 Å². The Morgan fingerprint density at radius 1 is 1.00 bits per heavy atom. The Labute approximate surface area is 112 Å². The molecule has 0 N–H and O–H groups in total. The highest BCUT2D eigenvalue weighted by atomic mass is 35.5. The monoisotopic (exact) mass is 286 g/mol. The molecule has 0 radical (unpaired) electrons. The molecule has 0 aliphatic rings. The fraction of sp³-hybridized carbons (Fsp3) is 0. The normalized spacial score (nSPS) is 10.4. The first-order chi connectivity index (χ1) is 8.54. The molecule has 0 saturated heterocycles. The van der Waals surface area contributed by atoms with Crippen LogP contribution in [0.25, 0.3) is 11.1 Å². The zero-order valence-electron chi connectivity index (χ0n) is 8.88. The van der Waals surface area contributed by atoms with Crippen LogP contribution >= 0.6 is 23.2 Å².